The Labute approximate surface area is 113 Å². The average Bonchev–Trinajstić information content (AvgIpc) is 2.84. The molecular weight excluding hydrogens is 290 g/mol. The highest BCUT2D eigenvalue weighted by Crippen LogP contribution is 2.25. The monoisotopic (exact) mass is 301 g/mol. The highest BCUT2D eigenvalue weighted by Gasteiger charge is 2.06. The molecule has 3 aromatic rings. The van der Waals surface area contributed by atoms with Crippen LogP contribution in [0.5, 0.6) is 0 Å². The van der Waals surface area contributed by atoms with Gasteiger partial charge in [-0.1, -0.05) is 34.1 Å². The molecule has 0 unspecified atom stereocenters. The summed E-state index contributed by atoms with van der Waals surface area (Å²) in [5, 5.41) is 5.55. The number of nitrogens with zero attached hydrogens (tertiary/aromatic N) is 2. The summed E-state index contributed by atoms with van der Waals surface area (Å²) in [6, 6.07) is 14.2. The van der Waals surface area contributed by atoms with Gasteiger partial charge in [0, 0.05) is 16.4 Å². The van der Waals surface area contributed by atoms with Crippen molar-refractivity contribution in [2.45, 2.75) is 6.54 Å². The number of nitrogens with two attached hydrogens (primary N) is 1. The van der Waals surface area contributed by atoms with Crippen LogP contribution < -0.4 is 5.73 Å². The number of fused-ring (bicyclic) bond motifs is 1. The van der Waals surface area contributed by atoms with Gasteiger partial charge in [-0.3, -0.25) is 0 Å². The van der Waals surface area contributed by atoms with Crippen molar-refractivity contribution < 1.29 is 0 Å². The zero-order valence-corrected chi connectivity index (χ0v) is 11.3. The molecule has 2 aromatic carbocycles. The molecule has 1 aromatic heterocycles. The normalized spacial score (nSPS) is 11.0. The average molecular weight is 302 g/mol. The van der Waals surface area contributed by atoms with Crippen LogP contribution in [0.4, 0.5) is 0 Å². The zero-order chi connectivity index (χ0) is 12.5. The highest BCUT2D eigenvalue weighted by atomic mass is 79.9. The number of hydrogen-bond acceptors (Lipinski definition) is 2. The van der Waals surface area contributed by atoms with E-state index in [1.165, 1.54) is 0 Å². The van der Waals surface area contributed by atoms with Gasteiger partial charge in [0.2, 0.25) is 0 Å². The van der Waals surface area contributed by atoms with E-state index >= 15 is 0 Å². The van der Waals surface area contributed by atoms with Crippen molar-refractivity contribution in [2.24, 2.45) is 5.73 Å². The van der Waals surface area contributed by atoms with E-state index in [1.54, 1.807) is 0 Å². The van der Waals surface area contributed by atoms with Crippen LogP contribution in [0, 0.1) is 0 Å². The lowest BCUT2D eigenvalue weighted by atomic mass is 10.2. The van der Waals surface area contributed by atoms with E-state index in [1.807, 2.05) is 47.3 Å². The topological polar surface area (TPSA) is 43.8 Å². The summed E-state index contributed by atoms with van der Waals surface area (Å²) in [7, 11) is 0. The summed E-state index contributed by atoms with van der Waals surface area (Å²) in [6.07, 6.45) is 1.87. The molecule has 2 N–H and O–H groups in total. The third-order valence-electron chi connectivity index (χ3n) is 2.98. The molecule has 0 spiro atoms. The van der Waals surface area contributed by atoms with Crippen molar-refractivity contribution in [3.63, 3.8) is 0 Å². The van der Waals surface area contributed by atoms with Crippen LogP contribution in [-0.2, 0) is 6.54 Å². The van der Waals surface area contributed by atoms with E-state index in [9.17, 15) is 0 Å². The molecule has 18 heavy (non-hydrogen) atoms. The lowest BCUT2D eigenvalue weighted by Crippen LogP contribution is -1.99. The van der Waals surface area contributed by atoms with Crippen LogP contribution in [0.15, 0.2) is 53.1 Å². The lowest BCUT2D eigenvalue weighted by Gasteiger charge is -2.04. The number of hydrogen-bond donors (Lipinski definition) is 1. The van der Waals surface area contributed by atoms with Gasteiger partial charge >= 0.3 is 0 Å². The molecular formula is C14H12BrN3. The summed E-state index contributed by atoms with van der Waals surface area (Å²) >= 11 is 3.54. The Balaban J connectivity index is 2.16. The van der Waals surface area contributed by atoms with Crippen LogP contribution in [0.3, 0.4) is 0 Å². The Morgan fingerprint density at radius 3 is 2.61 bits per heavy atom. The van der Waals surface area contributed by atoms with E-state index in [2.05, 4.69) is 27.1 Å². The zero-order valence-electron chi connectivity index (χ0n) is 9.68. The van der Waals surface area contributed by atoms with Gasteiger partial charge in [-0.25, -0.2) is 4.68 Å². The van der Waals surface area contributed by atoms with E-state index in [-0.39, 0.29) is 0 Å². The van der Waals surface area contributed by atoms with E-state index < -0.39 is 0 Å². The number of aromatic nitrogens is 2. The van der Waals surface area contributed by atoms with E-state index in [4.69, 9.17) is 5.73 Å². The molecule has 0 saturated heterocycles. The van der Waals surface area contributed by atoms with Crippen molar-refractivity contribution >= 4 is 26.8 Å². The van der Waals surface area contributed by atoms with Gasteiger partial charge in [0.15, 0.2) is 0 Å². The van der Waals surface area contributed by atoms with Crippen LogP contribution in [0.2, 0.25) is 0 Å². The van der Waals surface area contributed by atoms with E-state index in [0.29, 0.717) is 6.54 Å². The first-order valence-corrected chi connectivity index (χ1v) is 6.50. The molecule has 0 radical (unpaired) electrons. The minimum absolute atomic E-state index is 0.561. The van der Waals surface area contributed by atoms with Crippen molar-refractivity contribution in [3.8, 4) is 5.69 Å². The minimum atomic E-state index is 0.561. The number of benzene rings is 2. The fourth-order valence-corrected chi connectivity index (χ4v) is 2.45. The Bertz CT molecular complexity index is 686. The standard InChI is InChI=1S/C14H12BrN3/c15-13-2-1-3-14-12(13)9-17-18(14)11-6-4-10(8-16)5-7-11/h1-7,9H,8,16H2. The van der Waals surface area contributed by atoms with E-state index in [0.717, 1.165) is 26.6 Å². The fourth-order valence-electron chi connectivity index (χ4n) is 1.99. The molecule has 1 heterocycles. The first-order chi connectivity index (χ1) is 8.79. The third kappa shape index (κ3) is 1.83. The highest BCUT2D eigenvalue weighted by molar-refractivity contribution is 9.10. The second-order valence-electron chi connectivity index (χ2n) is 4.10. The second-order valence-corrected chi connectivity index (χ2v) is 4.95. The molecule has 0 atom stereocenters. The van der Waals surface area contributed by atoms with Crippen molar-refractivity contribution in [1.82, 2.24) is 9.78 Å². The van der Waals surface area contributed by atoms with Gasteiger partial charge in [0.25, 0.3) is 0 Å². The lowest BCUT2D eigenvalue weighted by molar-refractivity contribution is 0.908. The fraction of sp³-hybridized carbons (Fsp3) is 0.0714. The van der Waals surface area contributed by atoms with Crippen LogP contribution >= 0.6 is 15.9 Å². The molecule has 0 aliphatic heterocycles. The van der Waals surface area contributed by atoms with Crippen molar-refractivity contribution in [3.05, 3.63) is 58.7 Å². The van der Waals surface area contributed by atoms with Gasteiger partial charge in [0.1, 0.15) is 0 Å². The molecule has 4 heteroatoms. The number of halogens is 1. The van der Waals surface area contributed by atoms with Gasteiger partial charge < -0.3 is 5.73 Å². The maximum Gasteiger partial charge on any atom is 0.0752 e. The number of rotatable bonds is 2. The Morgan fingerprint density at radius 1 is 1.11 bits per heavy atom. The van der Waals surface area contributed by atoms with Crippen molar-refractivity contribution in [1.29, 1.82) is 0 Å². The van der Waals surface area contributed by atoms with Gasteiger partial charge in [0.05, 0.1) is 17.4 Å². The molecule has 0 bridgehead atoms. The van der Waals surface area contributed by atoms with Crippen LogP contribution in [0.1, 0.15) is 5.56 Å². The van der Waals surface area contributed by atoms with Crippen LogP contribution in [-0.4, -0.2) is 9.78 Å². The Hall–Kier alpha value is -1.65. The molecule has 0 fully saturated rings. The molecule has 0 amide bonds. The first-order valence-electron chi connectivity index (χ1n) is 5.71. The largest absolute Gasteiger partial charge is 0.326 e. The Morgan fingerprint density at radius 2 is 1.89 bits per heavy atom. The maximum atomic E-state index is 5.60. The van der Waals surface area contributed by atoms with Gasteiger partial charge in [-0.05, 0) is 29.8 Å². The summed E-state index contributed by atoms with van der Waals surface area (Å²) < 4.78 is 2.99. The summed E-state index contributed by atoms with van der Waals surface area (Å²) in [5.41, 5.74) is 8.85. The summed E-state index contributed by atoms with van der Waals surface area (Å²) in [5.74, 6) is 0. The maximum absolute atomic E-state index is 5.60. The molecule has 0 aliphatic rings. The van der Waals surface area contributed by atoms with Crippen molar-refractivity contribution in [2.75, 3.05) is 0 Å². The SMILES string of the molecule is NCc1ccc(-n2ncc3c(Br)cccc32)cc1. The third-order valence-corrected chi connectivity index (χ3v) is 3.67. The predicted molar refractivity (Wildman–Crippen MR) is 76.7 cm³/mol. The van der Waals surface area contributed by atoms with Gasteiger partial charge in [-0.2, -0.15) is 5.10 Å². The summed E-state index contributed by atoms with van der Waals surface area (Å²) in [6.45, 7) is 0.561. The summed E-state index contributed by atoms with van der Waals surface area (Å²) in [4.78, 5) is 0. The molecule has 3 nitrogen and oxygen atoms in total. The molecule has 90 valence electrons. The molecule has 3 rings (SSSR count). The molecule has 0 aliphatic carbocycles. The predicted octanol–water partition coefficient (Wildman–Crippen LogP) is 3.25. The quantitative estimate of drug-likeness (QED) is 0.789. The van der Waals surface area contributed by atoms with Crippen LogP contribution in [0.25, 0.3) is 16.6 Å². The smallest absolute Gasteiger partial charge is 0.0752 e. The minimum Gasteiger partial charge on any atom is -0.326 e. The van der Waals surface area contributed by atoms with Gasteiger partial charge in [-0.15, -0.1) is 0 Å². The first kappa shape index (κ1) is 11.4. The second kappa shape index (κ2) is 4.55. The molecule has 0 saturated carbocycles. The Kier molecular flexibility index (Phi) is 2.89.